The maximum absolute atomic E-state index is 5.16. The van der Waals surface area contributed by atoms with Crippen molar-refractivity contribution in [2.24, 2.45) is 0 Å². The largest absolute Gasteiger partial charge is 0.354 e. The van der Waals surface area contributed by atoms with Gasteiger partial charge >= 0.3 is 0 Å². The number of nitrogens with one attached hydrogen (secondary N) is 1. The summed E-state index contributed by atoms with van der Waals surface area (Å²) in [6, 6.07) is 53.2. The zero-order chi connectivity index (χ0) is 29.0. The lowest BCUT2D eigenvalue weighted by Gasteiger charge is -2.12. The Kier molecular flexibility index (Phi) is 5.47. The van der Waals surface area contributed by atoms with E-state index >= 15 is 0 Å². The molecule has 0 saturated carbocycles. The number of aromatic amines is 1. The second kappa shape index (κ2) is 9.79. The fourth-order valence-corrected chi connectivity index (χ4v) is 6.45. The van der Waals surface area contributed by atoms with Gasteiger partial charge in [0.1, 0.15) is 0 Å². The molecule has 0 unspecified atom stereocenters. The minimum atomic E-state index is 0.656. The molecule has 0 bridgehead atoms. The molecule has 0 aliphatic carbocycles. The van der Waals surface area contributed by atoms with Crippen molar-refractivity contribution in [2.45, 2.75) is 0 Å². The molecule has 0 spiro atoms. The summed E-state index contributed by atoms with van der Waals surface area (Å²) in [5.41, 5.74) is 10.7. The van der Waals surface area contributed by atoms with Gasteiger partial charge in [0, 0.05) is 43.7 Å². The molecule has 4 nitrogen and oxygen atoms in total. The second-order valence-corrected chi connectivity index (χ2v) is 11.2. The number of H-pyrrole nitrogens is 1. The van der Waals surface area contributed by atoms with E-state index in [0.29, 0.717) is 5.95 Å². The maximum atomic E-state index is 5.16. The van der Waals surface area contributed by atoms with Gasteiger partial charge in [-0.1, -0.05) is 115 Å². The van der Waals surface area contributed by atoms with Crippen molar-refractivity contribution in [3.8, 4) is 39.6 Å². The smallest absolute Gasteiger partial charge is 0.235 e. The van der Waals surface area contributed by atoms with Crippen molar-refractivity contribution < 1.29 is 0 Å². The number of hydrogen-bond acceptors (Lipinski definition) is 2. The first-order valence-corrected chi connectivity index (χ1v) is 14.8. The van der Waals surface area contributed by atoms with Crippen LogP contribution in [-0.4, -0.2) is 19.5 Å². The van der Waals surface area contributed by atoms with Gasteiger partial charge in [-0.25, -0.2) is 9.97 Å². The number of fused-ring (bicyclic) bond motifs is 6. The Hall–Kier alpha value is -6.00. The van der Waals surface area contributed by atoms with Crippen LogP contribution in [0.4, 0.5) is 0 Å². The molecule has 4 heteroatoms. The van der Waals surface area contributed by atoms with Crippen molar-refractivity contribution in [1.82, 2.24) is 19.5 Å². The number of rotatable bonds is 4. The van der Waals surface area contributed by atoms with E-state index in [0.717, 1.165) is 44.6 Å². The van der Waals surface area contributed by atoms with Crippen LogP contribution in [0.1, 0.15) is 0 Å². The average molecular weight is 563 g/mol. The molecule has 9 aromatic rings. The molecular formula is C40H26N4. The van der Waals surface area contributed by atoms with Crippen molar-refractivity contribution in [3.05, 3.63) is 152 Å². The van der Waals surface area contributed by atoms with E-state index in [1.54, 1.807) is 0 Å². The topological polar surface area (TPSA) is 46.5 Å². The van der Waals surface area contributed by atoms with Crippen LogP contribution in [0.15, 0.2) is 152 Å². The van der Waals surface area contributed by atoms with E-state index in [1.807, 2.05) is 12.1 Å². The first-order chi connectivity index (χ1) is 21.8. The van der Waals surface area contributed by atoms with Crippen LogP contribution in [0.3, 0.4) is 0 Å². The van der Waals surface area contributed by atoms with E-state index in [-0.39, 0.29) is 0 Å². The highest BCUT2D eigenvalue weighted by molar-refractivity contribution is 6.11. The van der Waals surface area contributed by atoms with E-state index in [9.17, 15) is 0 Å². The Bertz CT molecular complexity index is 2430. The van der Waals surface area contributed by atoms with E-state index in [2.05, 4.69) is 149 Å². The summed E-state index contributed by atoms with van der Waals surface area (Å²) in [5, 5.41) is 4.84. The van der Waals surface area contributed by atoms with Crippen molar-refractivity contribution in [2.75, 3.05) is 0 Å². The first-order valence-electron chi connectivity index (χ1n) is 14.8. The Labute approximate surface area is 253 Å². The van der Waals surface area contributed by atoms with Gasteiger partial charge in [0.15, 0.2) is 0 Å². The van der Waals surface area contributed by atoms with Crippen molar-refractivity contribution >= 4 is 43.6 Å². The monoisotopic (exact) mass is 562 g/mol. The molecule has 0 aliphatic heterocycles. The molecule has 0 fully saturated rings. The van der Waals surface area contributed by atoms with E-state index in [4.69, 9.17) is 9.97 Å². The minimum Gasteiger partial charge on any atom is -0.354 e. The van der Waals surface area contributed by atoms with Gasteiger partial charge < -0.3 is 4.98 Å². The lowest BCUT2D eigenvalue weighted by Crippen LogP contribution is -2.03. The maximum Gasteiger partial charge on any atom is 0.235 e. The predicted octanol–water partition coefficient (Wildman–Crippen LogP) is 10.2. The number of para-hydroxylation sites is 2. The standard InChI is InChI=1S/C40H26N4/c1-3-11-26(12-4-1)35-25-36(27-13-5-2-6-14-27)43-40(42-35)44-38-18-10-8-16-32(38)33-23-28(20-22-39(33)44)29-19-21-31-30-15-7-9-17-34(30)41-37(31)24-29/h1-25,41H. The zero-order valence-electron chi connectivity index (χ0n) is 23.8. The van der Waals surface area contributed by atoms with E-state index < -0.39 is 0 Å². The summed E-state index contributed by atoms with van der Waals surface area (Å²) in [4.78, 5) is 13.9. The van der Waals surface area contributed by atoms with Crippen LogP contribution in [0, 0.1) is 0 Å². The Balaban J connectivity index is 1.26. The second-order valence-electron chi connectivity index (χ2n) is 11.2. The Morgan fingerprint density at radius 2 is 0.955 bits per heavy atom. The molecule has 0 radical (unpaired) electrons. The van der Waals surface area contributed by atoms with Gasteiger partial charge in [-0.2, -0.15) is 0 Å². The molecule has 1 N–H and O–H groups in total. The summed E-state index contributed by atoms with van der Waals surface area (Å²) in [7, 11) is 0. The Morgan fingerprint density at radius 3 is 1.70 bits per heavy atom. The third-order valence-electron chi connectivity index (χ3n) is 8.57. The molecule has 0 atom stereocenters. The van der Waals surface area contributed by atoms with Gasteiger partial charge in [0.05, 0.1) is 22.4 Å². The number of nitrogens with zero attached hydrogens (tertiary/aromatic N) is 3. The first kappa shape index (κ1) is 24.6. The van der Waals surface area contributed by atoms with Crippen LogP contribution in [0.5, 0.6) is 0 Å². The SMILES string of the molecule is c1ccc(-c2cc(-c3ccccc3)nc(-n3c4ccccc4c4cc(-c5ccc6c(c5)[nH]c5ccccc56)ccc43)n2)cc1. The highest BCUT2D eigenvalue weighted by atomic mass is 15.2. The van der Waals surface area contributed by atoms with Gasteiger partial charge in [-0.15, -0.1) is 0 Å². The van der Waals surface area contributed by atoms with Gasteiger partial charge in [-0.3, -0.25) is 4.57 Å². The summed E-state index contributed by atoms with van der Waals surface area (Å²) < 4.78 is 2.20. The molecule has 0 aliphatic rings. The normalized spacial score (nSPS) is 11.6. The summed E-state index contributed by atoms with van der Waals surface area (Å²) in [6.45, 7) is 0. The molecule has 3 heterocycles. The highest BCUT2D eigenvalue weighted by Gasteiger charge is 2.17. The zero-order valence-corrected chi connectivity index (χ0v) is 23.8. The molecule has 6 aromatic carbocycles. The summed E-state index contributed by atoms with van der Waals surface area (Å²) in [5.74, 6) is 0.656. The molecule has 0 amide bonds. The summed E-state index contributed by atoms with van der Waals surface area (Å²) in [6.07, 6.45) is 0. The quantitative estimate of drug-likeness (QED) is 0.232. The molecular weight excluding hydrogens is 536 g/mol. The highest BCUT2D eigenvalue weighted by Crippen LogP contribution is 2.36. The van der Waals surface area contributed by atoms with Gasteiger partial charge in [-0.05, 0) is 47.5 Å². The molecule has 0 saturated heterocycles. The fraction of sp³-hybridized carbons (Fsp3) is 0. The molecule has 44 heavy (non-hydrogen) atoms. The third kappa shape index (κ3) is 3.92. The fourth-order valence-electron chi connectivity index (χ4n) is 6.45. The van der Waals surface area contributed by atoms with Crippen LogP contribution >= 0.6 is 0 Å². The summed E-state index contributed by atoms with van der Waals surface area (Å²) >= 11 is 0. The van der Waals surface area contributed by atoms with Crippen LogP contribution in [0.25, 0.3) is 83.2 Å². The average Bonchev–Trinajstić information content (AvgIpc) is 3.64. The lowest BCUT2D eigenvalue weighted by molar-refractivity contribution is 0.995. The molecule has 3 aromatic heterocycles. The van der Waals surface area contributed by atoms with Gasteiger partial charge in [0.2, 0.25) is 5.95 Å². The lowest BCUT2D eigenvalue weighted by atomic mass is 10.0. The van der Waals surface area contributed by atoms with Crippen LogP contribution in [0.2, 0.25) is 0 Å². The number of hydrogen-bond donors (Lipinski definition) is 1. The number of benzene rings is 6. The van der Waals surface area contributed by atoms with Crippen LogP contribution in [-0.2, 0) is 0 Å². The Morgan fingerprint density at radius 1 is 0.386 bits per heavy atom. The van der Waals surface area contributed by atoms with Crippen LogP contribution < -0.4 is 0 Å². The van der Waals surface area contributed by atoms with Gasteiger partial charge in [0.25, 0.3) is 0 Å². The number of aromatic nitrogens is 4. The predicted molar refractivity (Wildman–Crippen MR) is 182 cm³/mol. The van der Waals surface area contributed by atoms with Crippen molar-refractivity contribution in [1.29, 1.82) is 0 Å². The third-order valence-corrected chi connectivity index (χ3v) is 8.57. The minimum absolute atomic E-state index is 0.656. The van der Waals surface area contributed by atoms with Crippen molar-refractivity contribution in [3.63, 3.8) is 0 Å². The van der Waals surface area contributed by atoms with E-state index in [1.165, 1.54) is 32.7 Å². The molecule has 9 rings (SSSR count). The molecule has 206 valence electrons.